The zero-order valence-electron chi connectivity index (χ0n) is 10.7. The number of nitrogens with one attached hydrogen (secondary N) is 1. The highest BCUT2D eigenvalue weighted by Gasteiger charge is 2.28. The van der Waals surface area contributed by atoms with E-state index in [-0.39, 0.29) is 11.8 Å². The van der Waals surface area contributed by atoms with Gasteiger partial charge in [0.15, 0.2) is 0 Å². The molecule has 0 saturated carbocycles. The highest BCUT2D eigenvalue weighted by molar-refractivity contribution is 7.88. The van der Waals surface area contributed by atoms with Gasteiger partial charge < -0.3 is 5.32 Å². The van der Waals surface area contributed by atoms with E-state index in [0.717, 1.165) is 5.69 Å². The van der Waals surface area contributed by atoms with E-state index in [0.29, 0.717) is 32.5 Å². The summed E-state index contributed by atoms with van der Waals surface area (Å²) < 4.78 is 24.2. The predicted octanol–water partition coefficient (Wildman–Crippen LogP) is 0.431. The molecule has 8 heteroatoms. The van der Waals surface area contributed by atoms with Crippen molar-refractivity contribution in [3.63, 3.8) is 0 Å². The minimum Gasteiger partial charge on any atom is -0.350 e. The summed E-state index contributed by atoms with van der Waals surface area (Å²) in [6.07, 6.45) is 2.36. The first-order valence-corrected chi connectivity index (χ1v) is 8.86. The molecule has 0 radical (unpaired) electrons. The molecule has 1 fully saturated rings. The van der Waals surface area contributed by atoms with Crippen LogP contribution in [0.25, 0.3) is 0 Å². The van der Waals surface area contributed by atoms with E-state index in [4.69, 9.17) is 0 Å². The molecule has 106 valence electrons. The van der Waals surface area contributed by atoms with Gasteiger partial charge in [0.1, 0.15) is 0 Å². The lowest BCUT2D eigenvalue weighted by atomic mass is 9.97. The minimum absolute atomic E-state index is 0.0128. The van der Waals surface area contributed by atoms with Gasteiger partial charge in [0.25, 0.3) is 0 Å². The summed E-state index contributed by atoms with van der Waals surface area (Å²) in [5.41, 5.74) is 2.58. The number of nitrogens with zero attached hydrogens (tertiary/aromatic N) is 2. The van der Waals surface area contributed by atoms with Gasteiger partial charge in [-0.3, -0.25) is 4.79 Å². The second-order valence-electron chi connectivity index (χ2n) is 4.63. The average molecular weight is 303 g/mol. The largest absolute Gasteiger partial charge is 0.350 e. The molecule has 1 aliphatic rings. The molecular weight excluding hydrogens is 286 g/mol. The monoisotopic (exact) mass is 303 g/mol. The molecule has 2 heterocycles. The number of rotatable bonds is 4. The van der Waals surface area contributed by atoms with Crippen molar-refractivity contribution in [2.24, 2.45) is 5.92 Å². The van der Waals surface area contributed by atoms with Crippen LogP contribution in [0.2, 0.25) is 0 Å². The number of amides is 1. The van der Waals surface area contributed by atoms with E-state index in [1.165, 1.54) is 21.9 Å². The Bertz CT molecular complexity index is 519. The molecule has 0 atom stereocenters. The van der Waals surface area contributed by atoms with E-state index >= 15 is 0 Å². The molecule has 1 aromatic rings. The lowest BCUT2D eigenvalue weighted by Gasteiger charge is -2.29. The van der Waals surface area contributed by atoms with Crippen LogP contribution in [0.1, 0.15) is 18.5 Å². The molecule has 0 aromatic carbocycles. The van der Waals surface area contributed by atoms with Gasteiger partial charge in [0.2, 0.25) is 15.9 Å². The van der Waals surface area contributed by atoms with Crippen LogP contribution in [-0.4, -0.2) is 43.0 Å². The van der Waals surface area contributed by atoms with Crippen molar-refractivity contribution in [3.05, 3.63) is 16.6 Å². The Morgan fingerprint density at radius 1 is 1.53 bits per heavy atom. The summed E-state index contributed by atoms with van der Waals surface area (Å²) >= 11 is 1.49. The first-order chi connectivity index (χ1) is 8.97. The Balaban J connectivity index is 1.79. The first kappa shape index (κ1) is 14.4. The number of hydrogen-bond donors (Lipinski definition) is 1. The Morgan fingerprint density at radius 2 is 2.21 bits per heavy atom. The summed E-state index contributed by atoms with van der Waals surface area (Å²) in [4.78, 5) is 16.0. The fourth-order valence-electron chi connectivity index (χ4n) is 2.10. The number of carbonyl (C=O) groups is 1. The van der Waals surface area contributed by atoms with Gasteiger partial charge in [-0.1, -0.05) is 0 Å². The summed E-state index contributed by atoms with van der Waals surface area (Å²) in [6.45, 7) is 1.29. The molecule has 1 aromatic heterocycles. The molecule has 1 aliphatic heterocycles. The molecule has 0 unspecified atom stereocenters. The molecule has 1 N–H and O–H groups in total. The maximum atomic E-state index is 11.9. The third kappa shape index (κ3) is 3.99. The molecule has 1 saturated heterocycles. The average Bonchev–Trinajstić information content (AvgIpc) is 2.88. The first-order valence-electron chi connectivity index (χ1n) is 6.06. The van der Waals surface area contributed by atoms with E-state index in [1.807, 2.05) is 5.38 Å². The second-order valence-corrected chi connectivity index (χ2v) is 7.34. The highest BCUT2D eigenvalue weighted by Crippen LogP contribution is 2.19. The van der Waals surface area contributed by atoms with Crippen molar-refractivity contribution in [2.45, 2.75) is 19.4 Å². The topological polar surface area (TPSA) is 79.4 Å². The molecule has 6 nitrogen and oxygen atoms in total. The number of sulfonamides is 1. The lowest BCUT2D eigenvalue weighted by Crippen LogP contribution is -2.42. The summed E-state index contributed by atoms with van der Waals surface area (Å²) in [5, 5.41) is 4.74. The summed E-state index contributed by atoms with van der Waals surface area (Å²) in [6, 6.07) is 0. The Hall–Kier alpha value is -0.990. The molecule has 1 amide bonds. The zero-order valence-corrected chi connectivity index (χ0v) is 12.3. The molecule has 0 aliphatic carbocycles. The Morgan fingerprint density at radius 3 is 2.74 bits per heavy atom. The molecule has 19 heavy (non-hydrogen) atoms. The van der Waals surface area contributed by atoms with Gasteiger partial charge in [-0.05, 0) is 12.8 Å². The Kier molecular flexibility index (Phi) is 4.54. The molecule has 0 bridgehead atoms. The highest BCUT2D eigenvalue weighted by atomic mass is 32.2. The smallest absolute Gasteiger partial charge is 0.223 e. The molecule has 0 spiro atoms. The maximum Gasteiger partial charge on any atom is 0.223 e. The number of hydrogen-bond acceptors (Lipinski definition) is 5. The third-order valence-corrected chi connectivity index (χ3v) is 5.16. The van der Waals surface area contributed by atoms with Crippen molar-refractivity contribution in [1.82, 2.24) is 14.6 Å². The van der Waals surface area contributed by atoms with Crippen LogP contribution in [0, 0.1) is 5.92 Å². The molecular formula is C11H17N3O3S2. The minimum atomic E-state index is -3.13. The number of thiazole rings is 1. The van der Waals surface area contributed by atoms with Gasteiger partial charge in [-0.25, -0.2) is 17.7 Å². The van der Waals surface area contributed by atoms with Crippen molar-refractivity contribution in [2.75, 3.05) is 19.3 Å². The van der Waals surface area contributed by atoms with Crippen molar-refractivity contribution >= 4 is 27.3 Å². The van der Waals surface area contributed by atoms with Crippen molar-refractivity contribution in [3.8, 4) is 0 Å². The van der Waals surface area contributed by atoms with Crippen LogP contribution in [0.3, 0.4) is 0 Å². The SMILES string of the molecule is CS(=O)(=O)N1CCC(C(=O)NCc2cscn2)CC1. The van der Waals surface area contributed by atoms with Crippen LogP contribution < -0.4 is 5.32 Å². The van der Waals surface area contributed by atoms with E-state index < -0.39 is 10.0 Å². The van der Waals surface area contributed by atoms with Gasteiger partial charge in [-0.2, -0.15) is 0 Å². The van der Waals surface area contributed by atoms with Crippen LogP contribution in [0.5, 0.6) is 0 Å². The van der Waals surface area contributed by atoms with Gasteiger partial charge in [-0.15, -0.1) is 11.3 Å². The standard InChI is InChI=1S/C11H17N3O3S2/c1-19(16,17)14-4-2-9(3-5-14)11(15)12-6-10-7-18-8-13-10/h7-9H,2-6H2,1H3,(H,12,15). The lowest BCUT2D eigenvalue weighted by molar-refractivity contribution is -0.126. The van der Waals surface area contributed by atoms with Gasteiger partial charge >= 0.3 is 0 Å². The Labute approximate surface area is 116 Å². The van der Waals surface area contributed by atoms with Crippen molar-refractivity contribution in [1.29, 1.82) is 0 Å². The van der Waals surface area contributed by atoms with Crippen LogP contribution in [-0.2, 0) is 21.4 Å². The number of aromatic nitrogens is 1. The number of carbonyl (C=O) groups excluding carboxylic acids is 1. The summed E-state index contributed by atoms with van der Waals surface area (Å²) in [7, 11) is -3.13. The van der Waals surface area contributed by atoms with E-state index in [1.54, 1.807) is 5.51 Å². The van der Waals surface area contributed by atoms with Gasteiger partial charge in [0, 0.05) is 24.4 Å². The normalized spacial score (nSPS) is 18.4. The molecule has 2 rings (SSSR count). The third-order valence-electron chi connectivity index (χ3n) is 3.22. The fourth-order valence-corrected chi connectivity index (χ4v) is 3.53. The van der Waals surface area contributed by atoms with Crippen LogP contribution in [0.4, 0.5) is 0 Å². The second kappa shape index (κ2) is 5.98. The maximum absolute atomic E-state index is 11.9. The quantitative estimate of drug-likeness (QED) is 0.875. The van der Waals surface area contributed by atoms with E-state index in [2.05, 4.69) is 10.3 Å². The van der Waals surface area contributed by atoms with Gasteiger partial charge in [0.05, 0.1) is 24.0 Å². The van der Waals surface area contributed by atoms with Crippen molar-refractivity contribution < 1.29 is 13.2 Å². The fraction of sp³-hybridized carbons (Fsp3) is 0.636. The van der Waals surface area contributed by atoms with Crippen LogP contribution >= 0.6 is 11.3 Å². The zero-order chi connectivity index (χ0) is 13.9. The summed E-state index contributed by atoms with van der Waals surface area (Å²) in [5.74, 6) is -0.113. The van der Waals surface area contributed by atoms with Crippen LogP contribution in [0.15, 0.2) is 10.9 Å². The predicted molar refractivity (Wildman–Crippen MR) is 73.1 cm³/mol. The number of piperidine rings is 1. The van der Waals surface area contributed by atoms with E-state index in [9.17, 15) is 13.2 Å².